The normalized spacial score (nSPS) is 11.5. The maximum Gasteiger partial charge on any atom is 0.0942 e. The fraction of sp³-hybridized carbons (Fsp3) is 0.600. The molecule has 0 aromatic carbocycles. The summed E-state index contributed by atoms with van der Waals surface area (Å²) in [5, 5.41) is 10.0. The van der Waals surface area contributed by atoms with Crippen LogP contribution in [0, 0.1) is 5.21 Å². The lowest BCUT2D eigenvalue weighted by Gasteiger charge is -2.00. The van der Waals surface area contributed by atoms with Crippen LogP contribution in [0.2, 0.25) is 0 Å². The van der Waals surface area contributed by atoms with Crippen LogP contribution in [-0.4, -0.2) is 6.54 Å². The van der Waals surface area contributed by atoms with Gasteiger partial charge in [-0.15, -0.1) is 0 Å². The van der Waals surface area contributed by atoms with E-state index in [-0.39, 0.29) is 0 Å². The summed E-state index contributed by atoms with van der Waals surface area (Å²) >= 11 is 0. The fourth-order valence-corrected chi connectivity index (χ4v) is 0.940. The van der Waals surface area contributed by atoms with Crippen molar-refractivity contribution in [3.8, 4) is 0 Å². The Balaban J connectivity index is 3.56. The lowest BCUT2D eigenvalue weighted by atomic mass is 10.1. The van der Waals surface area contributed by atoms with E-state index in [4.69, 9.17) is 0 Å². The molecular weight excluding hydrogens is 150 g/mol. The van der Waals surface area contributed by atoms with E-state index in [9.17, 15) is 5.21 Å². The number of nitrogens with two attached hydrogens (primary N) is 1. The van der Waals surface area contributed by atoms with Crippen LogP contribution in [0.15, 0.2) is 23.3 Å². The molecule has 12 heavy (non-hydrogen) atoms. The predicted octanol–water partition coefficient (Wildman–Crippen LogP) is 1.74. The number of hydroxylamine groups is 1. The van der Waals surface area contributed by atoms with E-state index in [2.05, 4.69) is 26.8 Å². The van der Waals surface area contributed by atoms with Crippen molar-refractivity contribution in [2.75, 3.05) is 6.54 Å². The van der Waals surface area contributed by atoms with Gasteiger partial charge in [0.25, 0.3) is 0 Å². The molecule has 0 aromatic rings. The molecule has 0 atom stereocenters. The van der Waals surface area contributed by atoms with Crippen LogP contribution in [0.25, 0.3) is 0 Å². The van der Waals surface area contributed by atoms with E-state index in [1.54, 1.807) is 0 Å². The van der Waals surface area contributed by atoms with E-state index < -0.39 is 0 Å². The molecule has 0 heterocycles. The van der Waals surface area contributed by atoms with E-state index in [1.807, 2.05) is 6.08 Å². The van der Waals surface area contributed by atoms with Crippen LogP contribution in [0.1, 0.15) is 33.6 Å². The zero-order chi connectivity index (χ0) is 9.40. The van der Waals surface area contributed by atoms with Gasteiger partial charge in [-0.25, -0.2) is 0 Å². The minimum Gasteiger partial charge on any atom is -0.636 e. The molecule has 0 unspecified atom stereocenters. The Kier molecular flexibility index (Phi) is 6.72. The van der Waals surface area contributed by atoms with Gasteiger partial charge in [-0.1, -0.05) is 17.2 Å². The van der Waals surface area contributed by atoms with Crippen molar-refractivity contribution in [3.63, 3.8) is 0 Å². The second kappa shape index (κ2) is 7.07. The summed E-state index contributed by atoms with van der Waals surface area (Å²) in [5.74, 6) is 0. The number of quaternary nitrogens is 1. The Morgan fingerprint density at radius 1 is 1.25 bits per heavy atom. The average molecular weight is 169 g/mol. The molecule has 0 aliphatic carbocycles. The third-order valence-corrected chi connectivity index (χ3v) is 1.65. The fourth-order valence-electron chi connectivity index (χ4n) is 0.940. The molecule has 0 saturated heterocycles. The minimum atomic E-state index is 0.556. The molecule has 0 spiro atoms. The Morgan fingerprint density at radius 3 is 2.42 bits per heavy atom. The van der Waals surface area contributed by atoms with Crippen molar-refractivity contribution in [2.24, 2.45) is 0 Å². The smallest absolute Gasteiger partial charge is 0.0942 e. The van der Waals surface area contributed by atoms with Crippen molar-refractivity contribution in [3.05, 3.63) is 28.5 Å². The summed E-state index contributed by atoms with van der Waals surface area (Å²) in [5.41, 5.74) is 3.60. The molecule has 0 fully saturated rings. The van der Waals surface area contributed by atoms with Crippen LogP contribution in [-0.2, 0) is 0 Å². The lowest BCUT2D eigenvalue weighted by molar-refractivity contribution is -0.578. The highest BCUT2D eigenvalue weighted by molar-refractivity contribution is 5.01. The Bertz CT molecular complexity index is 167. The van der Waals surface area contributed by atoms with Gasteiger partial charge in [0.15, 0.2) is 0 Å². The first kappa shape index (κ1) is 11.4. The van der Waals surface area contributed by atoms with Crippen LogP contribution in [0.5, 0.6) is 0 Å². The number of rotatable bonds is 5. The van der Waals surface area contributed by atoms with E-state index in [1.165, 1.54) is 11.1 Å². The molecule has 2 N–H and O–H groups in total. The van der Waals surface area contributed by atoms with Crippen molar-refractivity contribution >= 4 is 0 Å². The highest BCUT2D eigenvalue weighted by atomic mass is 16.5. The molecular formula is C10H19NO. The van der Waals surface area contributed by atoms with Gasteiger partial charge in [-0.3, -0.25) is 0 Å². The van der Waals surface area contributed by atoms with Gasteiger partial charge in [-0.2, -0.15) is 0 Å². The SMILES string of the molecule is CC(C)=CCCC(C)=CC[NH2+][O-]. The summed E-state index contributed by atoms with van der Waals surface area (Å²) in [6.07, 6.45) is 6.37. The molecule has 0 radical (unpaired) electrons. The maximum atomic E-state index is 10.0. The van der Waals surface area contributed by atoms with Gasteiger partial charge in [0.05, 0.1) is 6.54 Å². The standard InChI is InChI=1S/C10H19NO/c1-9(2)5-4-6-10(3)7-8-11-12/h5,7H,4,6,8,11H2,1-3H3. The van der Waals surface area contributed by atoms with E-state index >= 15 is 0 Å². The number of hydrogen-bond donors (Lipinski definition) is 1. The lowest BCUT2D eigenvalue weighted by Crippen LogP contribution is -2.76. The monoisotopic (exact) mass is 169 g/mol. The third-order valence-electron chi connectivity index (χ3n) is 1.65. The second-order valence-corrected chi connectivity index (χ2v) is 3.27. The largest absolute Gasteiger partial charge is 0.636 e. The van der Waals surface area contributed by atoms with Crippen molar-refractivity contribution in [2.45, 2.75) is 33.6 Å². The van der Waals surface area contributed by atoms with Gasteiger partial charge in [-0.05, 0) is 39.7 Å². The molecule has 0 bridgehead atoms. The minimum absolute atomic E-state index is 0.556. The number of hydrogen-bond acceptors (Lipinski definition) is 1. The van der Waals surface area contributed by atoms with Crippen molar-refractivity contribution < 1.29 is 5.48 Å². The van der Waals surface area contributed by atoms with Gasteiger partial charge in [0.1, 0.15) is 0 Å². The van der Waals surface area contributed by atoms with Crippen LogP contribution >= 0.6 is 0 Å². The van der Waals surface area contributed by atoms with Crippen LogP contribution in [0.3, 0.4) is 0 Å². The Labute approximate surface area is 74.9 Å². The molecule has 70 valence electrons. The molecule has 2 nitrogen and oxygen atoms in total. The van der Waals surface area contributed by atoms with Crippen molar-refractivity contribution in [1.29, 1.82) is 0 Å². The third kappa shape index (κ3) is 7.51. The Hall–Kier alpha value is -0.600. The second-order valence-electron chi connectivity index (χ2n) is 3.27. The predicted molar refractivity (Wildman–Crippen MR) is 52.6 cm³/mol. The highest BCUT2D eigenvalue weighted by Crippen LogP contribution is 2.05. The molecule has 0 aliphatic rings. The van der Waals surface area contributed by atoms with Gasteiger partial charge in [0.2, 0.25) is 0 Å². The first-order valence-corrected chi connectivity index (χ1v) is 4.39. The van der Waals surface area contributed by atoms with Gasteiger partial charge >= 0.3 is 0 Å². The molecule has 0 amide bonds. The maximum absolute atomic E-state index is 10.0. The van der Waals surface area contributed by atoms with Gasteiger partial charge in [0, 0.05) is 0 Å². The van der Waals surface area contributed by atoms with Gasteiger partial charge < -0.3 is 10.7 Å². The first-order valence-electron chi connectivity index (χ1n) is 4.39. The average Bonchev–Trinajstić information content (AvgIpc) is 2.00. The molecule has 0 saturated carbocycles. The summed E-state index contributed by atoms with van der Waals surface area (Å²) in [6.45, 7) is 6.83. The van der Waals surface area contributed by atoms with Crippen molar-refractivity contribution in [1.82, 2.24) is 0 Å². The Morgan fingerprint density at radius 2 is 1.92 bits per heavy atom. The number of allylic oxidation sites excluding steroid dienone is 3. The molecule has 0 rings (SSSR count). The quantitative estimate of drug-likeness (QED) is 0.494. The molecule has 0 aliphatic heterocycles. The summed E-state index contributed by atoms with van der Waals surface area (Å²) < 4.78 is 0. The molecule has 0 aromatic heterocycles. The first-order chi connectivity index (χ1) is 5.66. The van der Waals surface area contributed by atoms with E-state index in [0.717, 1.165) is 18.3 Å². The van der Waals surface area contributed by atoms with Crippen LogP contribution < -0.4 is 5.48 Å². The summed E-state index contributed by atoms with van der Waals surface area (Å²) in [6, 6.07) is 0. The van der Waals surface area contributed by atoms with E-state index in [0.29, 0.717) is 6.54 Å². The summed E-state index contributed by atoms with van der Waals surface area (Å²) in [4.78, 5) is 0. The zero-order valence-corrected chi connectivity index (χ0v) is 8.26. The summed E-state index contributed by atoms with van der Waals surface area (Å²) in [7, 11) is 0. The highest BCUT2D eigenvalue weighted by Gasteiger charge is 1.87. The van der Waals surface area contributed by atoms with Crippen LogP contribution in [0.4, 0.5) is 0 Å². The molecule has 2 heteroatoms. The zero-order valence-electron chi connectivity index (χ0n) is 8.26. The topological polar surface area (TPSA) is 39.7 Å².